The van der Waals surface area contributed by atoms with Gasteiger partial charge >= 0.3 is 0 Å². The first-order chi connectivity index (χ1) is 9.26. The average molecular weight is 305 g/mol. The van der Waals surface area contributed by atoms with Crippen LogP contribution in [0.4, 0.5) is 0 Å². The van der Waals surface area contributed by atoms with Crippen LogP contribution < -0.4 is 5.73 Å². The lowest BCUT2D eigenvalue weighted by Crippen LogP contribution is -2.52. The SMILES string of the molecule is COC1CCN(C(=O)C2CCCCCC2)C(CN)C1.Cl. The van der Waals surface area contributed by atoms with Crippen molar-refractivity contribution in [3.8, 4) is 0 Å². The fourth-order valence-corrected chi connectivity index (χ4v) is 3.50. The smallest absolute Gasteiger partial charge is 0.225 e. The van der Waals surface area contributed by atoms with Crippen molar-refractivity contribution >= 4 is 18.3 Å². The third-order valence-corrected chi connectivity index (χ3v) is 4.76. The molecule has 2 N–H and O–H groups in total. The van der Waals surface area contributed by atoms with E-state index in [9.17, 15) is 4.79 Å². The molecular formula is C15H29ClN2O2. The van der Waals surface area contributed by atoms with Crippen LogP contribution in [-0.2, 0) is 9.53 Å². The first kappa shape index (κ1) is 17.7. The van der Waals surface area contributed by atoms with Crippen LogP contribution in [0.3, 0.4) is 0 Å². The van der Waals surface area contributed by atoms with E-state index >= 15 is 0 Å². The summed E-state index contributed by atoms with van der Waals surface area (Å²) in [6, 6.07) is 0.175. The standard InChI is InChI=1S/C15H28N2O2.ClH/c1-19-14-8-9-17(13(10-14)11-16)15(18)12-6-4-2-3-5-7-12;/h12-14H,2-11,16H2,1H3;1H. The Morgan fingerprint density at radius 3 is 2.40 bits per heavy atom. The lowest BCUT2D eigenvalue weighted by atomic mass is 9.93. The maximum Gasteiger partial charge on any atom is 0.225 e. The number of methoxy groups -OCH3 is 1. The molecule has 0 spiro atoms. The Morgan fingerprint density at radius 2 is 1.85 bits per heavy atom. The fourth-order valence-electron chi connectivity index (χ4n) is 3.50. The molecule has 0 aromatic carbocycles. The van der Waals surface area contributed by atoms with Crippen molar-refractivity contribution < 1.29 is 9.53 Å². The third-order valence-electron chi connectivity index (χ3n) is 4.76. The Labute approximate surface area is 128 Å². The van der Waals surface area contributed by atoms with Crippen LogP contribution in [0, 0.1) is 5.92 Å². The minimum Gasteiger partial charge on any atom is -0.381 e. The van der Waals surface area contributed by atoms with Gasteiger partial charge in [0.05, 0.1) is 6.10 Å². The van der Waals surface area contributed by atoms with E-state index in [1.54, 1.807) is 7.11 Å². The van der Waals surface area contributed by atoms with E-state index in [0.29, 0.717) is 12.5 Å². The Balaban J connectivity index is 0.00000200. The van der Waals surface area contributed by atoms with Gasteiger partial charge in [0.25, 0.3) is 0 Å². The summed E-state index contributed by atoms with van der Waals surface area (Å²) in [5.74, 6) is 0.600. The van der Waals surface area contributed by atoms with Crippen molar-refractivity contribution in [3.05, 3.63) is 0 Å². The number of amides is 1. The van der Waals surface area contributed by atoms with Crippen molar-refractivity contribution in [1.82, 2.24) is 4.90 Å². The molecule has 0 radical (unpaired) electrons. The van der Waals surface area contributed by atoms with E-state index in [-0.39, 0.29) is 30.5 Å². The van der Waals surface area contributed by atoms with Crippen molar-refractivity contribution in [2.45, 2.75) is 63.5 Å². The number of nitrogens with two attached hydrogens (primary N) is 1. The highest BCUT2D eigenvalue weighted by molar-refractivity contribution is 5.85. The maximum atomic E-state index is 12.7. The van der Waals surface area contributed by atoms with Crippen LogP contribution in [0.5, 0.6) is 0 Å². The molecule has 0 aromatic rings. The number of rotatable bonds is 3. The van der Waals surface area contributed by atoms with Gasteiger partial charge in [-0.25, -0.2) is 0 Å². The van der Waals surface area contributed by atoms with E-state index in [0.717, 1.165) is 32.2 Å². The van der Waals surface area contributed by atoms with E-state index in [2.05, 4.69) is 0 Å². The fraction of sp³-hybridized carbons (Fsp3) is 0.933. The number of ether oxygens (including phenoxy) is 1. The molecule has 2 unspecified atom stereocenters. The normalized spacial score (nSPS) is 28.6. The minimum absolute atomic E-state index is 0. The molecule has 4 nitrogen and oxygen atoms in total. The second kappa shape index (κ2) is 8.85. The molecule has 1 heterocycles. The Morgan fingerprint density at radius 1 is 1.20 bits per heavy atom. The quantitative estimate of drug-likeness (QED) is 0.814. The molecule has 2 fully saturated rings. The third kappa shape index (κ3) is 4.34. The summed E-state index contributed by atoms with van der Waals surface area (Å²) in [7, 11) is 1.75. The maximum absolute atomic E-state index is 12.7. The van der Waals surface area contributed by atoms with E-state index in [4.69, 9.17) is 10.5 Å². The van der Waals surface area contributed by atoms with Crippen LogP contribution in [0.2, 0.25) is 0 Å². The predicted molar refractivity (Wildman–Crippen MR) is 83.0 cm³/mol. The van der Waals surface area contributed by atoms with E-state index < -0.39 is 0 Å². The van der Waals surface area contributed by atoms with Gasteiger partial charge in [-0.3, -0.25) is 4.79 Å². The average Bonchev–Trinajstić information content (AvgIpc) is 2.74. The number of nitrogens with zero attached hydrogens (tertiary/aromatic N) is 1. The molecule has 2 rings (SSSR count). The van der Waals surface area contributed by atoms with Gasteiger partial charge in [0.15, 0.2) is 0 Å². The lowest BCUT2D eigenvalue weighted by Gasteiger charge is -2.40. The zero-order valence-electron chi connectivity index (χ0n) is 12.6. The summed E-state index contributed by atoms with van der Waals surface area (Å²) in [6.07, 6.45) is 9.24. The number of hydrogen-bond donors (Lipinski definition) is 1. The molecule has 1 aliphatic heterocycles. The number of hydrogen-bond acceptors (Lipinski definition) is 3. The topological polar surface area (TPSA) is 55.6 Å². The zero-order valence-corrected chi connectivity index (χ0v) is 13.4. The Kier molecular flexibility index (Phi) is 7.85. The summed E-state index contributed by atoms with van der Waals surface area (Å²) in [4.78, 5) is 14.7. The number of likely N-dealkylation sites (tertiary alicyclic amines) is 1. The van der Waals surface area contributed by atoms with E-state index in [1.165, 1.54) is 25.7 Å². The minimum atomic E-state index is 0. The molecule has 1 amide bonds. The molecule has 1 saturated heterocycles. The van der Waals surface area contributed by atoms with Crippen LogP contribution in [-0.4, -0.2) is 43.2 Å². The van der Waals surface area contributed by atoms with Gasteiger partial charge in [0.1, 0.15) is 0 Å². The largest absolute Gasteiger partial charge is 0.381 e. The van der Waals surface area contributed by atoms with Crippen molar-refractivity contribution in [3.63, 3.8) is 0 Å². The molecule has 2 atom stereocenters. The van der Waals surface area contributed by atoms with Gasteiger partial charge in [0.2, 0.25) is 5.91 Å². The lowest BCUT2D eigenvalue weighted by molar-refractivity contribution is -0.141. The highest BCUT2D eigenvalue weighted by Gasteiger charge is 2.34. The van der Waals surface area contributed by atoms with Crippen molar-refractivity contribution in [2.75, 3.05) is 20.2 Å². The van der Waals surface area contributed by atoms with Crippen molar-refractivity contribution in [2.24, 2.45) is 11.7 Å². The molecule has 20 heavy (non-hydrogen) atoms. The molecule has 118 valence electrons. The van der Waals surface area contributed by atoms with Crippen LogP contribution in [0.15, 0.2) is 0 Å². The summed E-state index contributed by atoms with van der Waals surface area (Å²) in [5.41, 5.74) is 5.86. The van der Waals surface area contributed by atoms with Crippen LogP contribution >= 0.6 is 12.4 Å². The second-order valence-electron chi connectivity index (χ2n) is 5.99. The van der Waals surface area contributed by atoms with Crippen molar-refractivity contribution in [1.29, 1.82) is 0 Å². The molecule has 1 saturated carbocycles. The summed E-state index contributed by atoms with van der Waals surface area (Å²) < 4.78 is 5.42. The molecule has 1 aliphatic carbocycles. The van der Waals surface area contributed by atoms with Crippen LogP contribution in [0.25, 0.3) is 0 Å². The van der Waals surface area contributed by atoms with Gasteiger partial charge in [-0.1, -0.05) is 25.7 Å². The molecule has 5 heteroatoms. The summed E-state index contributed by atoms with van der Waals surface area (Å²) in [6.45, 7) is 1.37. The number of carbonyl (C=O) groups is 1. The van der Waals surface area contributed by atoms with E-state index in [1.807, 2.05) is 4.90 Å². The molecular weight excluding hydrogens is 276 g/mol. The summed E-state index contributed by atoms with van der Waals surface area (Å²) >= 11 is 0. The number of piperidine rings is 1. The predicted octanol–water partition coefficient (Wildman–Crippen LogP) is 2.34. The Hall–Kier alpha value is -0.320. The monoisotopic (exact) mass is 304 g/mol. The Bertz CT molecular complexity index is 294. The highest BCUT2D eigenvalue weighted by atomic mass is 35.5. The highest BCUT2D eigenvalue weighted by Crippen LogP contribution is 2.28. The molecule has 2 aliphatic rings. The van der Waals surface area contributed by atoms with Gasteiger partial charge in [-0.05, 0) is 25.7 Å². The van der Waals surface area contributed by atoms with Gasteiger partial charge in [-0.2, -0.15) is 0 Å². The van der Waals surface area contributed by atoms with Gasteiger partial charge in [-0.15, -0.1) is 12.4 Å². The molecule has 0 aromatic heterocycles. The van der Waals surface area contributed by atoms with Gasteiger partial charge in [0, 0.05) is 32.2 Å². The second-order valence-corrected chi connectivity index (χ2v) is 5.99. The van der Waals surface area contributed by atoms with Gasteiger partial charge < -0.3 is 15.4 Å². The van der Waals surface area contributed by atoms with Crippen LogP contribution in [0.1, 0.15) is 51.4 Å². The number of halogens is 1. The number of carbonyl (C=O) groups excluding carboxylic acids is 1. The first-order valence-electron chi connectivity index (χ1n) is 7.79. The molecule has 0 bridgehead atoms. The first-order valence-corrected chi connectivity index (χ1v) is 7.79. The summed E-state index contributed by atoms with van der Waals surface area (Å²) in [5, 5.41) is 0. The zero-order chi connectivity index (χ0) is 13.7.